The number of rotatable bonds is 7. The van der Waals surface area contributed by atoms with Gasteiger partial charge in [0.05, 0.1) is 0 Å². The molecule has 1 N–H and O–H groups in total. The van der Waals surface area contributed by atoms with E-state index in [0.717, 1.165) is 16.5 Å². The van der Waals surface area contributed by atoms with E-state index in [4.69, 9.17) is 4.74 Å². The Bertz CT molecular complexity index is 1260. The highest BCUT2D eigenvalue weighted by Crippen LogP contribution is 2.30. The lowest BCUT2D eigenvalue weighted by Gasteiger charge is -2.27. The number of hydrogen-bond acceptors (Lipinski definition) is 5. The van der Waals surface area contributed by atoms with Crippen molar-refractivity contribution in [1.82, 2.24) is 4.90 Å². The molecule has 0 spiro atoms. The fraction of sp³-hybridized carbons (Fsp3) is 0.259. The average molecular weight is 459 g/mol. The van der Waals surface area contributed by atoms with E-state index in [-0.39, 0.29) is 31.2 Å². The van der Waals surface area contributed by atoms with Gasteiger partial charge < -0.3 is 10.1 Å². The third-order valence-electron chi connectivity index (χ3n) is 5.94. The third-order valence-corrected chi connectivity index (χ3v) is 5.94. The van der Waals surface area contributed by atoms with Crippen LogP contribution < -0.4 is 5.32 Å². The summed E-state index contributed by atoms with van der Waals surface area (Å²) >= 11 is 0. The number of nitrogens with one attached hydrogen (secondary N) is 1. The van der Waals surface area contributed by atoms with Crippen LogP contribution in [0.2, 0.25) is 0 Å². The standard InChI is InChI=1S/C27H26N2O5/c1-16-12-13-22(17(2)15-16)28-25(31)18(3)34-23(30)11-6-14-29-26(32)20-9-4-7-19-8-5-10-21(24(19)20)27(29)33/h4-5,7-10,12-13,15,18H,6,11,14H2,1-3H3,(H,28,31). The molecule has 0 fully saturated rings. The summed E-state index contributed by atoms with van der Waals surface area (Å²) in [7, 11) is 0. The van der Waals surface area contributed by atoms with Crippen molar-refractivity contribution in [2.45, 2.75) is 39.7 Å². The fourth-order valence-corrected chi connectivity index (χ4v) is 4.16. The number of ether oxygens (including phenoxy) is 1. The molecule has 1 atom stereocenters. The molecule has 34 heavy (non-hydrogen) atoms. The second kappa shape index (κ2) is 9.47. The van der Waals surface area contributed by atoms with E-state index in [0.29, 0.717) is 22.2 Å². The molecule has 1 heterocycles. The first kappa shape index (κ1) is 23.2. The van der Waals surface area contributed by atoms with Gasteiger partial charge in [0.2, 0.25) is 0 Å². The van der Waals surface area contributed by atoms with Gasteiger partial charge in [-0.15, -0.1) is 0 Å². The first-order chi connectivity index (χ1) is 16.3. The SMILES string of the molecule is Cc1ccc(NC(=O)C(C)OC(=O)CCCN2C(=O)c3cccc4cccc(c34)C2=O)c(C)c1. The minimum atomic E-state index is -0.976. The van der Waals surface area contributed by atoms with Crippen LogP contribution in [0.15, 0.2) is 54.6 Å². The Morgan fingerprint density at radius 1 is 0.971 bits per heavy atom. The molecule has 1 aliphatic heterocycles. The number of imide groups is 1. The summed E-state index contributed by atoms with van der Waals surface area (Å²) in [6.07, 6.45) is -0.764. The van der Waals surface area contributed by atoms with Gasteiger partial charge in [-0.1, -0.05) is 42.0 Å². The van der Waals surface area contributed by atoms with Crippen LogP contribution in [0.3, 0.4) is 0 Å². The predicted molar refractivity (Wildman–Crippen MR) is 129 cm³/mol. The molecule has 3 aromatic rings. The zero-order chi connectivity index (χ0) is 24.4. The van der Waals surface area contributed by atoms with Crippen molar-refractivity contribution in [1.29, 1.82) is 0 Å². The van der Waals surface area contributed by atoms with Gasteiger partial charge >= 0.3 is 5.97 Å². The molecule has 7 heteroatoms. The van der Waals surface area contributed by atoms with Crippen molar-refractivity contribution >= 4 is 40.2 Å². The number of hydrogen-bond donors (Lipinski definition) is 1. The van der Waals surface area contributed by atoms with Crippen molar-refractivity contribution in [3.05, 3.63) is 76.9 Å². The molecule has 0 bridgehead atoms. The van der Waals surface area contributed by atoms with Gasteiger partial charge in [0.15, 0.2) is 6.10 Å². The maximum Gasteiger partial charge on any atom is 0.306 e. The molecule has 174 valence electrons. The molecular formula is C27H26N2O5. The second-order valence-corrected chi connectivity index (χ2v) is 8.51. The topological polar surface area (TPSA) is 92.8 Å². The summed E-state index contributed by atoms with van der Waals surface area (Å²) in [5.74, 6) is -1.73. The minimum absolute atomic E-state index is 0.0237. The normalized spacial score (nSPS) is 13.7. The maximum atomic E-state index is 12.9. The van der Waals surface area contributed by atoms with Crippen molar-refractivity contribution in [2.75, 3.05) is 11.9 Å². The lowest BCUT2D eigenvalue weighted by molar-refractivity contribution is -0.153. The average Bonchev–Trinajstić information content (AvgIpc) is 2.81. The Hall–Kier alpha value is -4.00. The predicted octanol–water partition coefficient (Wildman–Crippen LogP) is 4.40. The highest BCUT2D eigenvalue weighted by atomic mass is 16.5. The summed E-state index contributed by atoms with van der Waals surface area (Å²) in [6, 6.07) is 16.4. The lowest BCUT2D eigenvalue weighted by atomic mass is 9.94. The van der Waals surface area contributed by atoms with Crippen LogP contribution in [0.25, 0.3) is 10.8 Å². The number of benzene rings is 3. The molecule has 0 aromatic heterocycles. The zero-order valence-electron chi connectivity index (χ0n) is 19.4. The van der Waals surface area contributed by atoms with E-state index in [1.807, 2.05) is 44.2 Å². The number of amides is 3. The third kappa shape index (κ3) is 4.55. The molecular weight excluding hydrogens is 432 g/mol. The molecule has 1 aliphatic rings. The van der Waals surface area contributed by atoms with Crippen LogP contribution in [0.1, 0.15) is 51.6 Å². The summed E-state index contributed by atoms with van der Waals surface area (Å²) in [5.41, 5.74) is 3.62. The summed E-state index contributed by atoms with van der Waals surface area (Å²) in [6.45, 7) is 5.45. The zero-order valence-corrected chi connectivity index (χ0v) is 19.4. The summed E-state index contributed by atoms with van der Waals surface area (Å²) in [4.78, 5) is 51.7. The van der Waals surface area contributed by atoms with Crippen LogP contribution in [-0.4, -0.2) is 41.2 Å². The van der Waals surface area contributed by atoms with Gasteiger partial charge in [0, 0.05) is 35.2 Å². The Labute approximate surface area is 197 Å². The van der Waals surface area contributed by atoms with E-state index in [1.165, 1.54) is 11.8 Å². The Morgan fingerprint density at radius 2 is 1.62 bits per heavy atom. The molecule has 3 aromatic carbocycles. The number of carbonyl (C=O) groups is 4. The van der Waals surface area contributed by atoms with Gasteiger partial charge in [-0.3, -0.25) is 24.1 Å². The highest BCUT2D eigenvalue weighted by molar-refractivity contribution is 6.25. The van der Waals surface area contributed by atoms with Gasteiger partial charge in [-0.05, 0) is 56.3 Å². The number of carbonyl (C=O) groups excluding carboxylic acids is 4. The molecule has 7 nitrogen and oxygen atoms in total. The van der Waals surface area contributed by atoms with Crippen molar-refractivity contribution in [3.63, 3.8) is 0 Å². The first-order valence-electron chi connectivity index (χ1n) is 11.2. The number of esters is 1. The Kier molecular flexibility index (Phi) is 6.45. The fourth-order valence-electron chi connectivity index (χ4n) is 4.16. The smallest absolute Gasteiger partial charge is 0.306 e. The molecule has 4 rings (SSSR count). The number of aryl methyl sites for hydroxylation is 2. The van der Waals surface area contributed by atoms with Gasteiger partial charge in [-0.2, -0.15) is 0 Å². The van der Waals surface area contributed by atoms with E-state index < -0.39 is 18.0 Å². The Morgan fingerprint density at radius 3 is 2.24 bits per heavy atom. The molecule has 1 unspecified atom stereocenters. The largest absolute Gasteiger partial charge is 0.453 e. The Balaban J connectivity index is 1.32. The van der Waals surface area contributed by atoms with Gasteiger partial charge in [0.1, 0.15) is 0 Å². The second-order valence-electron chi connectivity index (χ2n) is 8.51. The quantitative estimate of drug-likeness (QED) is 0.418. The van der Waals surface area contributed by atoms with E-state index in [1.54, 1.807) is 24.3 Å². The van der Waals surface area contributed by atoms with E-state index >= 15 is 0 Å². The van der Waals surface area contributed by atoms with Gasteiger partial charge in [0.25, 0.3) is 17.7 Å². The highest BCUT2D eigenvalue weighted by Gasteiger charge is 2.32. The van der Waals surface area contributed by atoms with Crippen LogP contribution >= 0.6 is 0 Å². The molecule has 0 aliphatic carbocycles. The van der Waals surface area contributed by atoms with Crippen LogP contribution in [-0.2, 0) is 14.3 Å². The minimum Gasteiger partial charge on any atom is -0.453 e. The number of nitrogens with zero attached hydrogens (tertiary/aromatic N) is 1. The lowest BCUT2D eigenvalue weighted by Crippen LogP contribution is -2.41. The monoisotopic (exact) mass is 458 g/mol. The molecule has 0 radical (unpaired) electrons. The van der Waals surface area contributed by atoms with Crippen molar-refractivity contribution in [2.24, 2.45) is 0 Å². The first-order valence-corrected chi connectivity index (χ1v) is 11.2. The number of anilines is 1. The van der Waals surface area contributed by atoms with Crippen LogP contribution in [0.4, 0.5) is 5.69 Å². The summed E-state index contributed by atoms with van der Waals surface area (Å²) < 4.78 is 5.25. The van der Waals surface area contributed by atoms with Crippen molar-refractivity contribution < 1.29 is 23.9 Å². The van der Waals surface area contributed by atoms with Gasteiger partial charge in [-0.25, -0.2) is 0 Å². The molecule has 0 saturated carbocycles. The maximum absolute atomic E-state index is 12.9. The van der Waals surface area contributed by atoms with Crippen LogP contribution in [0, 0.1) is 13.8 Å². The summed E-state index contributed by atoms with van der Waals surface area (Å²) in [5, 5.41) is 4.27. The molecule has 0 saturated heterocycles. The van der Waals surface area contributed by atoms with Crippen molar-refractivity contribution in [3.8, 4) is 0 Å². The van der Waals surface area contributed by atoms with Crippen LogP contribution in [0.5, 0.6) is 0 Å². The molecule has 3 amide bonds. The van der Waals surface area contributed by atoms with E-state index in [9.17, 15) is 19.2 Å². The van der Waals surface area contributed by atoms with E-state index in [2.05, 4.69) is 5.32 Å².